The lowest BCUT2D eigenvalue weighted by Gasteiger charge is -2.12. The van der Waals surface area contributed by atoms with Gasteiger partial charge in [-0.1, -0.05) is 36.4 Å². The molecule has 0 aliphatic rings. The number of furan rings is 1. The van der Waals surface area contributed by atoms with E-state index in [1.807, 2.05) is 96.7 Å². The van der Waals surface area contributed by atoms with E-state index in [0.717, 1.165) is 22.6 Å². The zero-order valence-electron chi connectivity index (χ0n) is 23.2. The summed E-state index contributed by atoms with van der Waals surface area (Å²) in [5.74, 6) is 4.96. The van der Waals surface area contributed by atoms with Gasteiger partial charge in [-0.25, -0.2) is 4.98 Å². The Morgan fingerprint density at radius 3 is 2.38 bits per heavy atom. The van der Waals surface area contributed by atoms with Crippen molar-refractivity contribution >= 4 is 0 Å². The lowest BCUT2D eigenvalue weighted by molar-refractivity contribution is 0.275. The number of ether oxygens (including phenoxy) is 4. The van der Waals surface area contributed by atoms with Crippen LogP contribution in [0.1, 0.15) is 22.6 Å². The first-order valence-electron chi connectivity index (χ1n) is 13.4. The minimum atomic E-state index is 0.225. The summed E-state index contributed by atoms with van der Waals surface area (Å²) in [6.07, 6.45) is 3.47. The molecule has 9 nitrogen and oxygen atoms in total. The monoisotopic (exact) mass is 563 g/mol. The van der Waals surface area contributed by atoms with Crippen molar-refractivity contribution in [2.45, 2.75) is 26.7 Å². The van der Waals surface area contributed by atoms with Gasteiger partial charge >= 0.3 is 0 Å². The molecule has 0 aliphatic heterocycles. The summed E-state index contributed by atoms with van der Waals surface area (Å²) in [5, 5.41) is 4.55. The van der Waals surface area contributed by atoms with Gasteiger partial charge in [-0.05, 0) is 66.6 Å². The van der Waals surface area contributed by atoms with Crippen LogP contribution in [-0.2, 0) is 19.8 Å². The SMILES string of the molecule is COc1cc(COc2ccn(Cc3ccc(Oc4ccccc4)cc3)n2)ccc1OCc1nc(-c2ccco2)oc1C. The van der Waals surface area contributed by atoms with Crippen LogP contribution in [-0.4, -0.2) is 21.9 Å². The van der Waals surface area contributed by atoms with Gasteiger partial charge in [0.15, 0.2) is 17.3 Å². The molecule has 0 saturated heterocycles. The van der Waals surface area contributed by atoms with Gasteiger partial charge in [0.1, 0.15) is 36.2 Å². The van der Waals surface area contributed by atoms with Crippen molar-refractivity contribution in [1.29, 1.82) is 0 Å². The van der Waals surface area contributed by atoms with Crippen LogP contribution in [0, 0.1) is 6.92 Å². The van der Waals surface area contributed by atoms with E-state index in [9.17, 15) is 0 Å². The number of methoxy groups -OCH3 is 1. The fraction of sp³-hybridized carbons (Fsp3) is 0.152. The summed E-state index contributed by atoms with van der Waals surface area (Å²) in [7, 11) is 1.60. The van der Waals surface area contributed by atoms with E-state index in [-0.39, 0.29) is 6.61 Å². The number of nitrogens with zero attached hydrogens (tertiary/aromatic N) is 3. The van der Waals surface area contributed by atoms with Crippen molar-refractivity contribution < 1.29 is 27.8 Å². The van der Waals surface area contributed by atoms with Crippen molar-refractivity contribution in [1.82, 2.24) is 14.8 Å². The Morgan fingerprint density at radius 1 is 0.786 bits per heavy atom. The molecule has 0 N–H and O–H groups in total. The van der Waals surface area contributed by atoms with Crippen molar-refractivity contribution in [2.24, 2.45) is 0 Å². The molecule has 0 spiro atoms. The van der Waals surface area contributed by atoms with Gasteiger partial charge in [-0.3, -0.25) is 4.68 Å². The molecule has 0 amide bonds. The molecule has 42 heavy (non-hydrogen) atoms. The molecule has 6 rings (SSSR count). The van der Waals surface area contributed by atoms with Gasteiger partial charge < -0.3 is 27.8 Å². The maximum atomic E-state index is 6.00. The van der Waals surface area contributed by atoms with Crippen LogP contribution in [0.25, 0.3) is 11.7 Å². The molecule has 0 fully saturated rings. The molecule has 212 valence electrons. The Balaban J connectivity index is 1.02. The zero-order valence-corrected chi connectivity index (χ0v) is 23.2. The molecule has 0 atom stereocenters. The summed E-state index contributed by atoms with van der Waals surface area (Å²) < 4.78 is 36.3. The Labute approximate surface area is 242 Å². The predicted molar refractivity (Wildman–Crippen MR) is 155 cm³/mol. The number of hydrogen-bond donors (Lipinski definition) is 0. The number of rotatable bonds is 12. The number of hydrogen-bond acceptors (Lipinski definition) is 8. The lowest BCUT2D eigenvalue weighted by Crippen LogP contribution is -2.03. The van der Waals surface area contributed by atoms with Crippen molar-refractivity contribution in [3.63, 3.8) is 0 Å². The lowest BCUT2D eigenvalue weighted by atomic mass is 10.2. The van der Waals surface area contributed by atoms with Gasteiger partial charge in [-0.15, -0.1) is 5.10 Å². The van der Waals surface area contributed by atoms with E-state index in [0.29, 0.717) is 53.6 Å². The van der Waals surface area contributed by atoms with E-state index < -0.39 is 0 Å². The predicted octanol–water partition coefficient (Wildman–Crippen LogP) is 7.45. The molecule has 0 saturated carbocycles. The Hall–Kier alpha value is -5.44. The number of oxazole rings is 1. The Kier molecular flexibility index (Phi) is 7.89. The molecule has 9 heteroatoms. The second-order valence-corrected chi connectivity index (χ2v) is 9.47. The summed E-state index contributed by atoms with van der Waals surface area (Å²) in [6.45, 7) is 3.01. The van der Waals surface area contributed by atoms with Crippen LogP contribution in [0.15, 0.2) is 112 Å². The van der Waals surface area contributed by atoms with E-state index in [1.165, 1.54) is 0 Å². The molecule has 3 aromatic heterocycles. The third-order valence-electron chi connectivity index (χ3n) is 6.47. The first-order chi connectivity index (χ1) is 20.6. The van der Waals surface area contributed by atoms with E-state index >= 15 is 0 Å². The quantitative estimate of drug-likeness (QED) is 0.152. The van der Waals surface area contributed by atoms with Gasteiger partial charge in [0.05, 0.1) is 19.9 Å². The van der Waals surface area contributed by atoms with Crippen LogP contribution in [0.4, 0.5) is 0 Å². The second-order valence-electron chi connectivity index (χ2n) is 9.47. The standard InChI is InChI=1S/C33H29N3O6/c1-23-28(34-33(41-23)30-9-6-18-38-30)22-39-29-15-12-25(19-31(29)37-2)21-40-32-16-17-36(35-32)20-24-10-13-27(14-11-24)42-26-7-4-3-5-8-26/h3-19H,20-22H2,1-2H3. The molecule has 0 bridgehead atoms. The van der Waals surface area contributed by atoms with Crippen LogP contribution in [0.3, 0.4) is 0 Å². The maximum absolute atomic E-state index is 6.00. The second kappa shape index (κ2) is 12.4. The fourth-order valence-electron chi connectivity index (χ4n) is 4.27. The maximum Gasteiger partial charge on any atom is 0.263 e. The molecule has 0 radical (unpaired) electrons. The Morgan fingerprint density at radius 2 is 1.60 bits per heavy atom. The van der Waals surface area contributed by atoms with Crippen LogP contribution >= 0.6 is 0 Å². The van der Waals surface area contributed by atoms with Gasteiger partial charge in [0.25, 0.3) is 5.89 Å². The van der Waals surface area contributed by atoms with E-state index in [4.69, 9.17) is 27.8 Å². The molecule has 3 aromatic carbocycles. The number of aromatic nitrogens is 3. The molecular weight excluding hydrogens is 534 g/mol. The van der Waals surface area contributed by atoms with Crippen LogP contribution in [0.2, 0.25) is 0 Å². The first kappa shape index (κ1) is 26.8. The normalized spacial score (nSPS) is 10.9. The summed E-state index contributed by atoms with van der Waals surface area (Å²) in [5.41, 5.74) is 2.70. The van der Waals surface area contributed by atoms with E-state index in [2.05, 4.69) is 10.1 Å². The Bertz CT molecular complexity index is 1720. The zero-order chi connectivity index (χ0) is 28.7. The largest absolute Gasteiger partial charge is 0.493 e. The highest BCUT2D eigenvalue weighted by Gasteiger charge is 2.15. The van der Waals surface area contributed by atoms with Gasteiger partial charge in [-0.2, -0.15) is 0 Å². The van der Waals surface area contributed by atoms with Crippen molar-refractivity contribution in [3.05, 3.63) is 126 Å². The average molecular weight is 564 g/mol. The fourth-order valence-corrected chi connectivity index (χ4v) is 4.27. The highest BCUT2D eigenvalue weighted by molar-refractivity contribution is 5.45. The minimum absolute atomic E-state index is 0.225. The van der Waals surface area contributed by atoms with Crippen molar-refractivity contribution in [2.75, 3.05) is 7.11 Å². The average Bonchev–Trinajstić information content (AvgIpc) is 3.79. The molecular formula is C33H29N3O6. The number of aryl methyl sites for hydroxylation is 1. The first-order valence-corrected chi connectivity index (χ1v) is 13.4. The number of para-hydroxylation sites is 1. The summed E-state index contributed by atoms with van der Waals surface area (Å²) in [4.78, 5) is 4.49. The minimum Gasteiger partial charge on any atom is -0.493 e. The molecule has 6 aromatic rings. The van der Waals surface area contributed by atoms with Crippen LogP contribution < -0.4 is 18.9 Å². The van der Waals surface area contributed by atoms with Gasteiger partial charge in [0, 0.05) is 12.3 Å². The molecule has 0 unspecified atom stereocenters. The third kappa shape index (κ3) is 6.47. The highest BCUT2D eigenvalue weighted by Crippen LogP contribution is 2.30. The van der Waals surface area contributed by atoms with E-state index in [1.54, 1.807) is 25.5 Å². The van der Waals surface area contributed by atoms with Gasteiger partial charge in [0.2, 0.25) is 5.88 Å². The number of benzene rings is 3. The van der Waals surface area contributed by atoms with Crippen LogP contribution in [0.5, 0.6) is 28.9 Å². The van der Waals surface area contributed by atoms with Crippen molar-refractivity contribution in [3.8, 4) is 40.5 Å². The topological polar surface area (TPSA) is 93.9 Å². The summed E-state index contributed by atoms with van der Waals surface area (Å²) in [6, 6.07) is 28.8. The summed E-state index contributed by atoms with van der Waals surface area (Å²) >= 11 is 0. The molecule has 3 heterocycles. The smallest absolute Gasteiger partial charge is 0.263 e. The third-order valence-corrected chi connectivity index (χ3v) is 6.47. The highest BCUT2D eigenvalue weighted by atomic mass is 16.5. The molecule has 0 aliphatic carbocycles.